The molecule has 0 saturated carbocycles. The highest BCUT2D eigenvalue weighted by Crippen LogP contribution is 2.35. The number of nitrogens with two attached hydrogens (primary N) is 1. The van der Waals surface area contributed by atoms with Crippen molar-refractivity contribution >= 4 is 34.8 Å². The van der Waals surface area contributed by atoms with Gasteiger partial charge in [-0.1, -0.05) is 0 Å². The maximum atomic E-state index is 12.6. The van der Waals surface area contributed by atoms with Crippen LogP contribution in [0.4, 0.5) is 13.2 Å². The number of benzene rings is 1. The van der Waals surface area contributed by atoms with Gasteiger partial charge in [-0.15, -0.1) is 0 Å². The van der Waals surface area contributed by atoms with Crippen LogP contribution in [-0.4, -0.2) is 12.2 Å². The smallest absolute Gasteiger partial charge is 0.366 e. The molecule has 3 nitrogen and oxygen atoms in total. The van der Waals surface area contributed by atoms with E-state index in [1.807, 2.05) is 0 Å². The lowest BCUT2D eigenvalue weighted by atomic mass is 10.0. The van der Waals surface area contributed by atoms with Crippen molar-refractivity contribution < 1.29 is 22.8 Å². The van der Waals surface area contributed by atoms with Crippen molar-refractivity contribution in [3.05, 3.63) is 32.4 Å². The number of alkyl halides is 3. The van der Waals surface area contributed by atoms with Gasteiger partial charge in [0.2, 0.25) is 5.91 Å². The van der Waals surface area contributed by atoms with E-state index in [0.29, 0.717) is 3.57 Å². The summed E-state index contributed by atoms with van der Waals surface area (Å²) in [5.41, 5.74) is 2.28. The van der Waals surface area contributed by atoms with E-state index >= 15 is 0 Å². The molecule has 16 heavy (non-hydrogen) atoms. The van der Waals surface area contributed by atoms with E-state index in [2.05, 4.69) is 0 Å². The Morgan fingerprint density at radius 2 is 1.94 bits per heavy atom. The maximum Gasteiger partial charge on any atom is 0.417 e. The first-order valence-electron chi connectivity index (χ1n) is 3.93. The number of rotatable bonds is 2. The summed E-state index contributed by atoms with van der Waals surface area (Å²) in [5.74, 6) is -1.21. The van der Waals surface area contributed by atoms with Crippen LogP contribution in [0.1, 0.15) is 26.3 Å². The Bertz CT molecular complexity index is 457. The number of hydrogen-bond acceptors (Lipinski definition) is 2. The molecule has 0 aliphatic heterocycles. The summed E-state index contributed by atoms with van der Waals surface area (Å²) in [4.78, 5) is 21.4. The van der Waals surface area contributed by atoms with E-state index in [1.54, 1.807) is 22.6 Å². The molecule has 0 aliphatic rings. The van der Waals surface area contributed by atoms with Gasteiger partial charge in [-0.2, -0.15) is 13.2 Å². The number of amides is 1. The molecule has 0 fully saturated rings. The molecule has 0 heterocycles. The highest BCUT2D eigenvalue weighted by Gasteiger charge is 2.37. The zero-order chi connectivity index (χ0) is 12.5. The lowest BCUT2D eigenvalue weighted by Crippen LogP contribution is -2.21. The number of halogens is 4. The second-order valence-corrected chi connectivity index (χ2v) is 4.14. The molecule has 0 radical (unpaired) electrons. The van der Waals surface area contributed by atoms with Crippen LogP contribution < -0.4 is 5.73 Å². The van der Waals surface area contributed by atoms with Gasteiger partial charge in [0.1, 0.15) is 0 Å². The molecular weight excluding hydrogens is 338 g/mol. The molecule has 86 valence electrons. The number of primary amides is 1. The summed E-state index contributed by atoms with van der Waals surface area (Å²) in [6, 6.07) is 2.04. The Labute approximate surface area is 102 Å². The first-order valence-corrected chi connectivity index (χ1v) is 5.01. The first-order chi connectivity index (χ1) is 7.27. The summed E-state index contributed by atoms with van der Waals surface area (Å²) in [5, 5.41) is 0. The monoisotopic (exact) mass is 343 g/mol. The van der Waals surface area contributed by atoms with Crippen molar-refractivity contribution in [2.75, 3.05) is 0 Å². The van der Waals surface area contributed by atoms with Gasteiger partial charge in [0.25, 0.3) is 0 Å². The van der Waals surface area contributed by atoms with Crippen molar-refractivity contribution in [2.24, 2.45) is 5.73 Å². The fourth-order valence-electron chi connectivity index (χ4n) is 1.23. The molecule has 7 heteroatoms. The zero-order valence-corrected chi connectivity index (χ0v) is 9.80. The van der Waals surface area contributed by atoms with Crippen molar-refractivity contribution in [3.8, 4) is 0 Å². The van der Waals surface area contributed by atoms with Crippen LogP contribution in [0.5, 0.6) is 0 Å². The van der Waals surface area contributed by atoms with Gasteiger partial charge in [-0.3, -0.25) is 9.59 Å². The second-order valence-electron chi connectivity index (χ2n) is 2.90. The SMILES string of the molecule is NC(=O)c1cc(I)cc(C=O)c1C(F)(F)F. The van der Waals surface area contributed by atoms with Gasteiger partial charge in [-0.25, -0.2) is 0 Å². The van der Waals surface area contributed by atoms with Crippen LogP contribution in [0.2, 0.25) is 0 Å². The fraction of sp³-hybridized carbons (Fsp3) is 0.111. The van der Waals surface area contributed by atoms with Gasteiger partial charge < -0.3 is 5.73 Å². The molecule has 1 aromatic rings. The number of hydrogen-bond donors (Lipinski definition) is 1. The summed E-state index contributed by atoms with van der Waals surface area (Å²) in [6.07, 6.45) is -4.73. The Kier molecular flexibility index (Phi) is 3.56. The summed E-state index contributed by atoms with van der Waals surface area (Å²) >= 11 is 1.70. The van der Waals surface area contributed by atoms with Crippen LogP contribution in [0.15, 0.2) is 12.1 Å². The largest absolute Gasteiger partial charge is 0.417 e. The number of carbonyl (C=O) groups excluding carboxylic acids is 2. The lowest BCUT2D eigenvalue weighted by molar-refractivity contribution is -0.138. The first kappa shape index (κ1) is 12.9. The Hall–Kier alpha value is -1.12. The van der Waals surface area contributed by atoms with Crippen molar-refractivity contribution in [2.45, 2.75) is 6.18 Å². The molecule has 0 unspecified atom stereocenters. The van der Waals surface area contributed by atoms with E-state index in [-0.39, 0.29) is 6.29 Å². The molecular formula is C9H5F3INO2. The normalized spacial score (nSPS) is 11.2. The van der Waals surface area contributed by atoms with Gasteiger partial charge in [0, 0.05) is 9.13 Å². The minimum Gasteiger partial charge on any atom is -0.366 e. The average molecular weight is 343 g/mol. The van der Waals surface area contributed by atoms with Crippen LogP contribution in [0.3, 0.4) is 0 Å². The Morgan fingerprint density at radius 3 is 2.31 bits per heavy atom. The molecule has 0 bridgehead atoms. The van der Waals surface area contributed by atoms with Gasteiger partial charge >= 0.3 is 6.18 Å². The third-order valence-electron chi connectivity index (χ3n) is 1.81. The minimum atomic E-state index is -4.79. The van der Waals surface area contributed by atoms with E-state index in [0.717, 1.165) is 12.1 Å². The highest BCUT2D eigenvalue weighted by molar-refractivity contribution is 14.1. The Morgan fingerprint density at radius 1 is 1.38 bits per heavy atom. The number of aldehydes is 1. The van der Waals surface area contributed by atoms with Crippen LogP contribution >= 0.6 is 22.6 Å². The van der Waals surface area contributed by atoms with Crippen LogP contribution in [-0.2, 0) is 6.18 Å². The molecule has 0 saturated heterocycles. The van der Waals surface area contributed by atoms with Crippen molar-refractivity contribution in [3.63, 3.8) is 0 Å². The van der Waals surface area contributed by atoms with E-state index in [1.165, 1.54) is 0 Å². The molecule has 1 rings (SSSR count). The van der Waals surface area contributed by atoms with Gasteiger partial charge in [-0.05, 0) is 34.7 Å². The second kappa shape index (κ2) is 4.40. The number of carbonyl (C=O) groups is 2. The van der Waals surface area contributed by atoms with E-state index in [9.17, 15) is 22.8 Å². The van der Waals surface area contributed by atoms with E-state index < -0.39 is 28.8 Å². The molecule has 1 amide bonds. The van der Waals surface area contributed by atoms with Crippen molar-refractivity contribution in [1.29, 1.82) is 0 Å². The predicted octanol–water partition coefficient (Wildman–Crippen LogP) is 2.22. The third-order valence-corrected chi connectivity index (χ3v) is 2.43. The van der Waals surface area contributed by atoms with Gasteiger partial charge in [0.15, 0.2) is 6.29 Å². The van der Waals surface area contributed by atoms with Crippen LogP contribution in [0, 0.1) is 3.57 Å². The maximum absolute atomic E-state index is 12.6. The van der Waals surface area contributed by atoms with Gasteiger partial charge in [0.05, 0.1) is 11.1 Å². The quantitative estimate of drug-likeness (QED) is 0.661. The molecule has 0 aromatic heterocycles. The fourth-order valence-corrected chi connectivity index (χ4v) is 1.88. The molecule has 2 N–H and O–H groups in total. The lowest BCUT2D eigenvalue weighted by Gasteiger charge is -2.13. The topological polar surface area (TPSA) is 60.2 Å². The third kappa shape index (κ3) is 2.52. The molecule has 0 atom stereocenters. The molecule has 0 spiro atoms. The Balaban J connectivity index is 3.65. The molecule has 0 aliphatic carbocycles. The van der Waals surface area contributed by atoms with Crippen molar-refractivity contribution in [1.82, 2.24) is 0 Å². The summed E-state index contributed by atoms with van der Waals surface area (Å²) < 4.78 is 38.2. The summed E-state index contributed by atoms with van der Waals surface area (Å²) in [6.45, 7) is 0. The highest BCUT2D eigenvalue weighted by atomic mass is 127. The summed E-state index contributed by atoms with van der Waals surface area (Å²) in [7, 11) is 0. The van der Waals surface area contributed by atoms with E-state index in [4.69, 9.17) is 5.73 Å². The predicted molar refractivity (Wildman–Crippen MR) is 58.1 cm³/mol. The molecule has 1 aromatic carbocycles. The minimum absolute atomic E-state index is 0.0530. The van der Waals surface area contributed by atoms with Crippen LogP contribution in [0.25, 0.3) is 0 Å². The average Bonchev–Trinajstić information content (AvgIpc) is 2.14. The standard InChI is InChI=1S/C9H5F3INO2/c10-9(11,12)7-4(3-15)1-5(13)2-6(7)8(14)16/h1-3H,(H2,14,16). The zero-order valence-electron chi connectivity index (χ0n) is 7.64.